The van der Waals surface area contributed by atoms with E-state index in [1.165, 1.54) is 17.7 Å². The van der Waals surface area contributed by atoms with E-state index in [1.807, 2.05) is 13.1 Å². The van der Waals surface area contributed by atoms with Crippen LogP contribution in [0, 0.1) is 11.6 Å². The van der Waals surface area contributed by atoms with Gasteiger partial charge < -0.3 is 5.32 Å². The van der Waals surface area contributed by atoms with Crippen LogP contribution in [0.1, 0.15) is 35.2 Å². The first-order valence-electron chi connectivity index (χ1n) is 6.76. The Morgan fingerprint density at radius 2 is 2.10 bits per heavy atom. The summed E-state index contributed by atoms with van der Waals surface area (Å²) in [6.07, 6.45) is 3.74. The van der Waals surface area contributed by atoms with E-state index in [0.717, 1.165) is 24.1 Å². The van der Waals surface area contributed by atoms with Gasteiger partial charge in [0.15, 0.2) is 11.6 Å². The lowest BCUT2D eigenvalue weighted by atomic mass is 9.91. The van der Waals surface area contributed by atoms with Crippen LogP contribution in [0.5, 0.6) is 0 Å². The minimum absolute atomic E-state index is 0.0544. The van der Waals surface area contributed by atoms with Crippen LogP contribution in [-0.2, 0) is 6.42 Å². The summed E-state index contributed by atoms with van der Waals surface area (Å²) >= 11 is 0. The molecule has 1 N–H and O–H groups in total. The molecule has 104 valence electrons. The van der Waals surface area contributed by atoms with Gasteiger partial charge in [-0.15, -0.1) is 0 Å². The lowest BCUT2D eigenvalue weighted by Gasteiger charge is -2.24. The molecule has 0 saturated carbocycles. The van der Waals surface area contributed by atoms with Crippen molar-refractivity contribution in [3.8, 4) is 0 Å². The first kappa shape index (κ1) is 13.2. The lowest BCUT2D eigenvalue weighted by Crippen LogP contribution is -2.23. The van der Waals surface area contributed by atoms with Crippen LogP contribution in [0.25, 0.3) is 0 Å². The van der Waals surface area contributed by atoms with Crippen molar-refractivity contribution >= 4 is 0 Å². The van der Waals surface area contributed by atoms with Crippen LogP contribution in [-0.4, -0.2) is 12.0 Å². The Kier molecular flexibility index (Phi) is 3.49. The van der Waals surface area contributed by atoms with Crippen molar-refractivity contribution < 1.29 is 8.78 Å². The van der Waals surface area contributed by atoms with E-state index in [4.69, 9.17) is 0 Å². The monoisotopic (exact) mass is 274 g/mol. The molecule has 0 bridgehead atoms. The van der Waals surface area contributed by atoms with Gasteiger partial charge in [0.1, 0.15) is 0 Å². The van der Waals surface area contributed by atoms with Gasteiger partial charge in [-0.05, 0) is 49.2 Å². The molecule has 4 heteroatoms. The van der Waals surface area contributed by atoms with E-state index in [9.17, 15) is 8.78 Å². The van der Waals surface area contributed by atoms with Crippen LogP contribution in [0.2, 0.25) is 0 Å². The van der Waals surface area contributed by atoms with Crippen molar-refractivity contribution in [3.05, 3.63) is 65.0 Å². The Bertz CT molecular complexity index is 628. The van der Waals surface area contributed by atoms with Crippen molar-refractivity contribution in [1.29, 1.82) is 0 Å². The van der Waals surface area contributed by atoms with Gasteiger partial charge in [0, 0.05) is 23.9 Å². The smallest absolute Gasteiger partial charge is 0.159 e. The van der Waals surface area contributed by atoms with E-state index in [2.05, 4.69) is 16.4 Å². The molecule has 0 fully saturated rings. The van der Waals surface area contributed by atoms with Crippen LogP contribution in [0.4, 0.5) is 8.78 Å². The molecule has 1 aromatic heterocycles. The maximum Gasteiger partial charge on any atom is 0.159 e. The SMILES string of the molecule is CNC(c1ccc(F)c(F)c1)C1CCc2cccnc21. The van der Waals surface area contributed by atoms with Gasteiger partial charge in [0.05, 0.1) is 0 Å². The fourth-order valence-electron chi connectivity index (χ4n) is 3.07. The molecule has 1 aromatic carbocycles. The fourth-order valence-corrected chi connectivity index (χ4v) is 3.07. The molecule has 3 rings (SSSR count). The van der Waals surface area contributed by atoms with Crippen LogP contribution in [0.15, 0.2) is 36.5 Å². The highest BCUT2D eigenvalue weighted by Gasteiger charge is 2.31. The number of aromatic nitrogens is 1. The van der Waals surface area contributed by atoms with Crippen LogP contribution < -0.4 is 5.32 Å². The molecule has 2 atom stereocenters. The predicted octanol–water partition coefficient (Wildman–Crippen LogP) is 3.35. The largest absolute Gasteiger partial charge is 0.312 e. The number of aryl methyl sites for hydroxylation is 1. The number of likely N-dealkylation sites (N-methyl/N-ethyl adjacent to an activating group) is 1. The van der Waals surface area contributed by atoms with Gasteiger partial charge in [-0.1, -0.05) is 12.1 Å². The highest BCUT2D eigenvalue weighted by molar-refractivity contribution is 5.33. The molecule has 0 radical (unpaired) electrons. The van der Waals surface area contributed by atoms with Gasteiger partial charge in [-0.2, -0.15) is 0 Å². The van der Waals surface area contributed by atoms with E-state index in [1.54, 1.807) is 12.3 Å². The first-order valence-corrected chi connectivity index (χ1v) is 6.76. The Labute approximate surface area is 116 Å². The summed E-state index contributed by atoms with van der Waals surface area (Å²) in [7, 11) is 1.84. The van der Waals surface area contributed by atoms with Crippen LogP contribution >= 0.6 is 0 Å². The summed E-state index contributed by atoms with van der Waals surface area (Å²) in [6, 6.07) is 8.07. The molecule has 0 spiro atoms. The number of pyridine rings is 1. The standard InChI is InChI=1S/C16H16F2N2/c1-19-15(11-5-7-13(17)14(18)9-11)12-6-4-10-3-2-8-20-16(10)12/h2-3,5,7-9,12,15,19H,4,6H2,1H3. The van der Waals surface area contributed by atoms with Gasteiger partial charge in [0.25, 0.3) is 0 Å². The van der Waals surface area contributed by atoms with E-state index >= 15 is 0 Å². The van der Waals surface area contributed by atoms with Gasteiger partial charge >= 0.3 is 0 Å². The highest BCUT2D eigenvalue weighted by Crippen LogP contribution is 2.40. The van der Waals surface area contributed by atoms with Gasteiger partial charge in [0.2, 0.25) is 0 Å². The normalized spacial score (nSPS) is 18.9. The molecular formula is C16H16F2N2. The molecule has 1 aliphatic carbocycles. The first-order chi connectivity index (χ1) is 9.70. The van der Waals surface area contributed by atoms with Crippen molar-refractivity contribution in [3.63, 3.8) is 0 Å². The Morgan fingerprint density at radius 3 is 2.85 bits per heavy atom. The number of fused-ring (bicyclic) bond motifs is 1. The molecule has 2 unspecified atom stereocenters. The van der Waals surface area contributed by atoms with Crippen molar-refractivity contribution in [2.45, 2.75) is 24.8 Å². The van der Waals surface area contributed by atoms with E-state index in [0.29, 0.717) is 0 Å². The molecular weight excluding hydrogens is 258 g/mol. The average molecular weight is 274 g/mol. The van der Waals surface area contributed by atoms with Gasteiger partial charge in [-0.3, -0.25) is 4.98 Å². The Balaban J connectivity index is 1.97. The molecule has 0 aliphatic heterocycles. The number of hydrogen-bond donors (Lipinski definition) is 1. The molecule has 0 amide bonds. The minimum atomic E-state index is -0.812. The summed E-state index contributed by atoms with van der Waals surface area (Å²) in [6.45, 7) is 0. The zero-order chi connectivity index (χ0) is 14.1. The third kappa shape index (κ3) is 2.20. The number of hydrogen-bond acceptors (Lipinski definition) is 2. The molecule has 20 heavy (non-hydrogen) atoms. The maximum atomic E-state index is 13.4. The quantitative estimate of drug-likeness (QED) is 0.928. The predicted molar refractivity (Wildman–Crippen MR) is 73.5 cm³/mol. The summed E-state index contributed by atoms with van der Waals surface area (Å²) in [5.74, 6) is -1.42. The van der Waals surface area contributed by atoms with Gasteiger partial charge in [-0.25, -0.2) is 8.78 Å². The maximum absolute atomic E-state index is 13.4. The summed E-state index contributed by atoms with van der Waals surface area (Å²) in [4.78, 5) is 4.47. The number of benzene rings is 1. The third-order valence-electron chi connectivity index (χ3n) is 4.02. The average Bonchev–Trinajstić information content (AvgIpc) is 2.88. The molecule has 1 aliphatic rings. The molecule has 1 heterocycles. The van der Waals surface area contributed by atoms with E-state index in [-0.39, 0.29) is 12.0 Å². The van der Waals surface area contributed by atoms with Crippen molar-refractivity contribution in [2.24, 2.45) is 0 Å². The Morgan fingerprint density at radius 1 is 1.25 bits per heavy atom. The molecule has 2 nitrogen and oxygen atoms in total. The molecule has 2 aromatic rings. The number of nitrogens with one attached hydrogen (secondary N) is 1. The third-order valence-corrected chi connectivity index (χ3v) is 4.02. The van der Waals surface area contributed by atoms with Crippen LogP contribution in [0.3, 0.4) is 0 Å². The zero-order valence-corrected chi connectivity index (χ0v) is 11.2. The minimum Gasteiger partial charge on any atom is -0.312 e. The second-order valence-corrected chi connectivity index (χ2v) is 5.13. The summed E-state index contributed by atoms with van der Waals surface area (Å²) in [5, 5.41) is 3.22. The van der Waals surface area contributed by atoms with Crippen molar-refractivity contribution in [2.75, 3.05) is 7.05 Å². The summed E-state index contributed by atoms with van der Waals surface area (Å²) < 4.78 is 26.5. The van der Waals surface area contributed by atoms with E-state index < -0.39 is 11.6 Å². The lowest BCUT2D eigenvalue weighted by molar-refractivity contribution is 0.460. The van der Waals surface area contributed by atoms with Crippen molar-refractivity contribution in [1.82, 2.24) is 10.3 Å². The zero-order valence-electron chi connectivity index (χ0n) is 11.2. The topological polar surface area (TPSA) is 24.9 Å². The number of nitrogens with zero attached hydrogens (tertiary/aromatic N) is 1. The number of halogens is 2. The Hall–Kier alpha value is -1.81. The second kappa shape index (κ2) is 5.29. The highest BCUT2D eigenvalue weighted by atomic mass is 19.2. The molecule has 0 saturated heterocycles. The second-order valence-electron chi connectivity index (χ2n) is 5.13. The summed E-state index contributed by atoms with van der Waals surface area (Å²) in [5.41, 5.74) is 3.08. The number of rotatable bonds is 3. The fraction of sp³-hybridized carbons (Fsp3) is 0.312.